The van der Waals surface area contributed by atoms with Crippen LogP contribution in [0.25, 0.3) is 0 Å². The maximum atomic E-state index is 4.49. The summed E-state index contributed by atoms with van der Waals surface area (Å²) >= 11 is 0. The molecule has 16 heavy (non-hydrogen) atoms. The Hall–Kier alpha value is -1.12. The Morgan fingerprint density at radius 2 is 2.00 bits per heavy atom. The fraction of sp³-hybridized carbons (Fsp3) is 0.692. The summed E-state index contributed by atoms with van der Waals surface area (Å²) in [6.45, 7) is 9.04. The van der Waals surface area contributed by atoms with E-state index in [-0.39, 0.29) is 0 Å². The van der Waals surface area contributed by atoms with E-state index in [2.05, 4.69) is 28.7 Å². The lowest BCUT2D eigenvalue weighted by Crippen LogP contribution is -2.26. The first-order valence-corrected chi connectivity index (χ1v) is 6.21. The van der Waals surface area contributed by atoms with Crippen molar-refractivity contribution in [2.24, 2.45) is 23.7 Å². The number of aryl methyl sites for hydroxylation is 1. The zero-order chi connectivity index (χ0) is 11.3. The second-order valence-corrected chi connectivity index (χ2v) is 5.55. The van der Waals surface area contributed by atoms with Crippen molar-refractivity contribution in [3.05, 3.63) is 18.0 Å². The van der Waals surface area contributed by atoms with Gasteiger partial charge in [0.05, 0.1) is 0 Å². The average Bonchev–Trinajstić information content (AvgIpc) is 2.75. The molecule has 0 amide bonds. The zero-order valence-electron chi connectivity index (χ0n) is 10.2. The van der Waals surface area contributed by atoms with Crippen LogP contribution in [-0.2, 0) is 0 Å². The molecule has 3 rings (SSSR count). The van der Waals surface area contributed by atoms with Gasteiger partial charge in [-0.1, -0.05) is 13.8 Å². The van der Waals surface area contributed by atoms with Crippen molar-refractivity contribution in [1.82, 2.24) is 9.97 Å². The minimum absolute atomic E-state index is 0.843. The van der Waals surface area contributed by atoms with E-state index in [0.717, 1.165) is 48.4 Å². The molecule has 1 aliphatic heterocycles. The van der Waals surface area contributed by atoms with Crippen LogP contribution in [-0.4, -0.2) is 23.1 Å². The molecule has 2 aliphatic rings. The molecule has 2 unspecified atom stereocenters. The van der Waals surface area contributed by atoms with Crippen molar-refractivity contribution in [2.75, 3.05) is 18.0 Å². The lowest BCUT2D eigenvalue weighted by molar-refractivity contribution is 0.478. The lowest BCUT2D eigenvalue weighted by Gasteiger charge is -2.20. The molecule has 1 aromatic heterocycles. The molecule has 2 atom stereocenters. The lowest BCUT2D eigenvalue weighted by atomic mass is 10.1. The molecule has 1 saturated heterocycles. The summed E-state index contributed by atoms with van der Waals surface area (Å²) < 4.78 is 0. The second kappa shape index (κ2) is 3.44. The topological polar surface area (TPSA) is 29.0 Å². The Balaban J connectivity index is 1.69. The molecule has 0 bridgehead atoms. The summed E-state index contributed by atoms with van der Waals surface area (Å²) in [5.41, 5.74) is 1.06. The minimum Gasteiger partial charge on any atom is -0.340 e. The number of piperidine rings is 1. The number of hydrogen-bond acceptors (Lipinski definition) is 3. The van der Waals surface area contributed by atoms with Gasteiger partial charge < -0.3 is 4.90 Å². The Labute approximate surface area is 96.9 Å². The maximum absolute atomic E-state index is 4.49. The normalized spacial score (nSPS) is 32.0. The van der Waals surface area contributed by atoms with E-state index in [4.69, 9.17) is 0 Å². The number of nitrogens with zero attached hydrogens (tertiary/aromatic N) is 3. The van der Waals surface area contributed by atoms with Gasteiger partial charge in [-0.3, -0.25) is 0 Å². The maximum Gasteiger partial charge on any atom is 0.225 e. The third-order valence-electron chi connectivity index (χ3n) is 4.09. The average molecular weight is 217 g/mol. The van der Waals surface area contributed by atoms with Crippen LogP contribution in [0.3, 0.4) is 0 Å². The molecule has 0 radical (unpaired) electrons. The molecule has 1 saturated carbocycles. The molecular weight excluding hydrogens is 198 g/mol. The van der Waals surface area contributed by atoms with Crippen molar-refractivity contribution < 1.29 is 0 Å². The summed E-state index contributed by atoms with van der Waals surface area (Å²) in [6.07, 6.45) is 1.86. The second-order valence-electron chi connectivity index (χ2n) is 5.55. The molecule has 0 spiro atoms. The highest BCUT2D eigenvalue weighted by molar-refractivity contribution is 5.35. The first-order valence-electron chi connectivity index (χ1n) is 6.21. The van der Waals surface area contributed by atoms with Gasteiger partial charge in [-0.25, -0.2) is 9.97 Å². The number of anilines is 1. The van der Waals surface area contributed by atoms with Crippen molar-refractivity contribution in [3.63, 3.8) is 0 Å². The molecule has 2 fully saturated rings. The van der Waals surface area contributed by atoms with Crippen LogP contribution in [0.5, 0.6) is 0 Å². The summed E-state index contributed by atoms with van der Waals surface area (Å²) in [4.78, 5) is 11.2. The molecule has 86 valence electrons. The van der Waals surface area contributed by atoms with E-state index >= 15 is 0 Å². The fourth-order valence-corrected chi connectivity index (χ4v) is 3.31. The number of fused-ring (bicyclic) bond motifs is 1. The molecule has 3 heteroatoms. The van der Waals surface area contributed by atoms with E-state index in [1.54, 1.807) is 0 Å². The van der Waals surface area contributed by atoms with Gasteiger partial charge in [0, 0.05) is 25.0 Å². The number of aromatic nitrogens is 2. The van der Waals surface area contributed by atoms with Gasteiger partial charge in [0.25, 0.3) is 0 Å². The van der Waals surface area contributed by atoms with Gasteiger partial charge in [0.15, 0.2) is 0 Å². The summed E-state index contributed by atoms with van der Waals surface area (Å²) in [7, 11) is 0. The molecule has 0 N–H and O–H groups in total. The van der Waals surface area contributed by atoms with Gasteiger partial charge in [0.1, 0.15) is 0 Å². The van der Waals surface area contributed by atoms with Crippen LogP contribution in [0, 0.1) is 30.6 Å². The van der Waals surface area contributed by atoms with Crippen molar-refractivity contribution >= 4 is 5.95 Å². The Morgan fingerprint density at radius 1 is 1.31 bits per heavy atom. The Kier molecular flexibility index (Phi) is 2.16. The summed E-state index contributed by atoms with van der Waals surface area (Å²) in [6, 6.07) is 1.96. The van der Waals surface area contributed by atoms with Gasteiger partial charge in [-0.15, -0.1) is 0 Å². The van der Waals surface area contributed by atoms with Crippen LogP contribution in [0.15, 0.2) is 12.3 Å². The Bertz CT molecular complexity index is 390. The first-order chi connectivity index (χ1) is 7.66. The summed E-state index contributed by atoms with van der Waals surface area (Å²) in [5, 5.41) is 0. The van der Waals surface area contributed by atoms with Gasteiger partial charge in [-0.2, -0.15) is 0 Å². The highest BCUT2D eigenvalue weighted by atomic mass is 15.3. The van der Waals surface area contributed by atoms with Crippen LogP contribution in [0.2, 0.25) is 0 Å². The van der Waals surface area contributed by atoms with Gasteiger partial charge in [-0.05, 0) is 36.7 Å². The van der Waals surface area contributed by atoms with Crippen molar-refractivity contribution in [2.45, 2.75) is 20.8 Å². The van der Waals surface area contributed by atoms with Crippen LogP contribution < -0.4 is 4.90 Å². The largest absolute Gasteiger partial charge is 0.340 e. The molecular formula is C13H19N3. The smallest absolute Gasteiger partial charge is 0.225 e. The quantitative estimate of drug-likeness (QED) is 0.760. The molecule has 2 heterocycles. The Morgan fingerprint density at radius 3 is 2.56 bits per heavy atom. The molecule has 1 aromatic rings. The minimum atomic E-state index is 0.843. The number of rotatable bonds is 2. The monoisotopic (exact) mass is 217 g/mol. The molecule has 3 nitrogen and oxygen atoms in total. The summed E-state index contributed by atoms with van der Waals surface area (Å²) in [5.74, 6) is 4.54. The SMILES string of the molecule is Cc1ccnc(N2CC3C(C2)C3C(C)C)n1. The number of hydrogen-bond donors (Lipinski definition) is 0. The predicted octanol–water partition coefficient (Wildman–Crippen LogP) is 2.12. The highest BCUT2D eigenvalue weighted by Gasteiger charge is 2.56. The van der Waals surface area contributed by atoms with Crippen molar-refractivity contribution in [1.29, 1.82) is 0 Å². The van der Waals surface area contributed by atoms with Crippen molar-refractivity contribution in [3.8, 4) is 0 Å². The van der Waals surface area contributed by atoms with E-state index in [1.165, 1.54) is 0 Å². The van der Waals surface area contributed by atoms with Gasteiger partial charge >= 0.3 is 0 Å². The standard InChI is InChI=1S/C13H19N3/c1-8(2)12-10-6-16(7-11(10)12)13-14-5-4-9(3)15-13/h4-5,8,10-12H,6-7H2,1-3H3. The third kappa shape index (κ3) is 1.49. The van der Waals surface area contributed by atoms with Crippen LogP contribution >= 0.6 is 0 Å². The predicted molar refractivity (Wildman–Crippen MR) is 64.3 cm³/mol. The van der Waals surface area contributed by atoms with Crippen LogP contribution in [0.4, 0.5) is 5.95 Å². The highest BCUT2D eigenvalue weighted by Crippen LogP contribution is 2.55. The fourth-order valence-electron chi connectivity index (χ4n) is 3.31. The zero-order valence-corrected chi connectivity index (χ0v) is 10.2. The van der Waals surface area contributed by atoms with Crippen LogP contribution in [0.1, 0.15) is 19.5 Å². The van der Waals surface area contributed by atoms with E-state index in [1.807, 2.05) is 19.2 Å². The third-order valence-corrected chi connectivity index (χ3v) is 4.09. The van der Waals surface area contributed by atoms with E-state index in [0.29, 0.717) is 0 Å². The molecule has 1 aliphatic carbocycles. The van der Waals surface area contributed by atoms with E-state index < -0.39 is 0 Å². The first kappa shape index (κ1) is 10.1. The van der Waals surface area contributed by atoms with E-state index in [9.17, 15) is 0 Å². The molecule has 0 aromatic carbocycles. The van der Waals surface area contributed by atoms with Gasteiger partial charge in [0.2, 0.25) is 5.95 Å².